The number of nitrogen functional groups attached to an aromatic ring is 1. The number of fused-ring (bicyclic) bond motifs is 6. The molecule has 3 N–H and O–H groups in total. The Kier molecular flexibility index (Phi) is 4.90. The average molecular weight is 505 g/mol. The Labute approximate surface area is 209 Å². The summed E-state index contributed by atoms with van der Waals surface area (Å²) in [4.78, 5) is 11.2. The van der Waals surface area contributed by atoms with E-state index in [1.807, 2.05) is 0 Å². The molecule has 4 aromatic rings. The number of ether oxygens (including phenoxy) is 1. The summed E-state index contributed by atoms with van der Waals surface area (Å²) in [5.41, 5.74) is 7.86. The van der Waals surface area contributed by atoms with Crippen molar-refractivity contribution in [3.05, 3.63) is 46.8 Å². The lowest BCUT2D eigenvalue weighted by Crippen LogP contribution is -2.39. The van der Waals surface area contributed by atoms with E-state index < -0.39 is 11.6 Å². The molecule has 0 aliphatic carbocycles. The molecule has 3 aliphatic heterocycles. The monoisotopic (exact) mass is 504 g/mol. The smallest absolute Gasteiger partial charge is 0.157 e. The molecule has 2 unspecified atom stereocenters. The zero-order valence-corrected chi connectivity index (χ0v) is 20.1. The number of hydrogen-bond acceptors (Lipinski definition) is 8. The van der Waals surface area contributed by atoms with Gasteiger partial charge in [0.1, 0.15) is 34.5 Å². The van der Waals surface area contributed by atoms with E-state index >= 15 is 8.78 Å². The third-order valence-electron chi connectivity index (χ3n) is 7.79. The van der Waals surface area contributed by atoms with Gasteiger partial charge < -0.3 is 20.7 Å². The number of nitrogens with two attached hydrogens (primary N) is 1. The maximum Gasteiger partial charge on any atom is 0.157 e. The molecule has 2 bridgehead atoms. The van der Waals surface area contributed by atoms with E-state index in [9.17, 15) is 5.26 Å². The van der Waals surface area contributed by atoms with Crippen LogP contribution >= 0.6 is 11.3 Å². The Hall–Kier alpha value is -3.39. The molecule has 3 aliphatic rings. The van der Waals surface area contributed by atoms with Crippen LogP contribution in [0.15, 0.2) is 18.5 Å². The lowest BCUT2D eigenvalue weighted by Gasteiger charge is -2.28. The minimum atomic E-state index is -0.629. The van der Waals surface area contributed by atoms with Crippen LogP contribution in [0.2, 0.25) is 0 Å². The van der Waals surface area contributed by atoms with E-state index in [0.717, 1.165) is 38.0 Å². The van der Waals surface area contributed by atoms with Crippen LogP contribution in [0.4, 0.5) is 19.6 Å². The second kappa shape index (κ2) is 8.06. The number of nitriles is 1. The Morgan fingerprint density at radius 3 is 2.89 bits per heavy atom. The van der Waals surface area contributed by atoms with Crippen LogP contribution in [-0.4, -0.2) is 35.6 Å². The summed E-state index contributed by atoms with van der Waals surface area (Å²) in [5.74, 6) is 0.0210. The molecular weight excluding hydrogens is 482 g/mol. The predicted octanol–water partition coefficient (Wildman–Crippen LogP) is 4.46. The first-order chi connectivity index (χ1) is 17.6. The van der Waals surface area contributed by atoms with E-state index in [1.54, 1.807) is 6.07 Å². The first kappa shape index (κ1) is 21.9. The fourth-order valence-electron chi connectivity index (χ4n) is 6.22. The molecule has 2 saturated heterocycles. The van der Waals surface area contributed by atoms with Crippen molar-refractivity contribution in [2.45, 2.75) is 32.1 Å². The number of thiophene rings is 1. The third kappa shape index (κ3) is 3.00. The summed E-state index contributed by atoms with van der Waals surface area (Å²) >= 11 is 1.19. The number of benzene rings is 2. The van der Waals surface area contributed by atoms with E-state index in [2.05, 4.69) is 26.3 Å². The van der Waals surface area contributed by atoms with Crippen LogP contribution in [0.5, 0.6) is 0 Å². The maximum absolute atomic E-state index is 16.5. The lowest BCUT2D eigenvalue weighted by atomic mass is 9.90. The van der Waals surface area contributed by atoms with Gasteiger partial charge in [0.2, 0.25) is 0 Å². The van der Waals surface area contributed by atoms with E-state index in [4.69, 9.17) is 10.5 Å². The molecule has 182 valence electrons. The second-order valence-electron chi connectivity index (χ2n) is 9.71. The van der Waals surface area contributed by atoms with Gasteiger partial charge in [-0.05, 0) is 48.6 Å². The van der Waals surface area contributed by atoms with Gasteiger partial charge in [0.25, 0.3) is 0 Å². The van der Waals surface area contributed by atoms with Gasteiger partial charge in [0, 0.05) is 40.3 Å². The van der Waals surface area contributed by atoms with Gasteiger partial charge >= 0.3 is 0 Å². The molecule has 2 aromatic heterocycles. The van der Waals surface area contributed by atoms with Crippen molar-refractivity contribution in [2.24, 2.45) is 5.92 Å². The number of aromatic nitrogens is 2. The quantitative estimate of drug-likeness (QED) is 0.416. The van der Waals surface area contributed by atoms with Crippen molar-refractivity contribution >= 4 is 43.1 Å². The topological polar surface area (TPSA) is 100 Å². The van der Waals surface area contributed by atoms with Gasteiger partial charge in [-0.2, -0.15) is 5.26 Å². The standard InChI is InChI=1S/C26H22F2N6OS/c27-17-1-2-18-19(14(6-29)25(30)36-18)22(17)20-15-9-35-10-16(15)21-24(23(20)28)32-11-33-26(21)34-8-12-3-4-31-7-13(34)5-12/h1-2,11-13,31H,3-5,7-10,30H2. The average Bonchev–Trinajstić information content (AvgIpc) is 3.53. The van der Waals surface area contributed by atoms with Gasteiger partial charge in [-0.15, -0.1) is 11.3 Å². The molecule has 7 rings (SSSR count). The highest BCUT2D eigenvalue weighted by Crippen LogP contribution is 2.48. The molecule has 0 spiro atoms. The van der Waals surface area contributed by atoms with Gasteiger partial charge in [-0.1, -0.05) is 0 Å². The Morgan fingerprint density at radius 1 is 1.17 bits per heavy atom. The highest BCUT2D eigenvalue weighted by Gasteiger charge is 2.37. The SMILES string of the molecule is N#Cc1c(N)sc2ccc(F)c(-c3c4c(c5c(N6CC7CCNCC6C7)ncnc5c3F)COC4)c12. The third-order valence-corrected chi connectivity index (χ3v) is 8.78. The molecular formula is C26H22F2N6OS. The van der Waals surface area contributed by atoms with Crippen LogP contribution in [0.25, 0.3) is 32.1 Å². The fourth-order valence-corrected chi connectivity index (χ4v) is 7.14. The number of nitrogens with zero attached hydrogens (tertiary/aromatic N) is 4. The van der Waals surface area contributed by atoms with Gasteiger partial charge in [-0.3, -0.25) is 0 Å². The highest BCUT2D eigenvalue weighted by atomic mass is 32.1. The molecule has 2 atom stereocenters. The Bertz CT molecular complexity index is 1610. The zero-order valence-electron chi connectivity index (χ0n) is 19.3. The normalized spacial score (nSPS) is 21.2. The van der Waals surface area contributed by atoms with Crippen LogP contribution in [0.3, 0.4) is 0 Å². The molecule has 0 radical (unpaired) electrons. The predicted molar refractivity (Wildman–Crippen MR) is 135 cm³/mol. The molecule has 0 amide bonds. The summed E-state index contributed by atoms with van der Waals surface area (Å²) in [6, 6.07) is 5.23. The van der Waals surface area contributed by atoms with Crippen molar-refractivity contribution < 1.29 is 13.5 Å². The second-order valence-corrected chi connectivity index (χ2v) is 10.8. The maximum atomic E-state index is 16.5. The first-order valence-electron chi connectivity index (χ1n) is 12.0. The van der Waals surface area contributed by atoms with E-state index in [0.29, 0.717) is 32.8 Å². The van der Waals surface area contributed by atoms with Gasteiger partial charge in [-0.25, -0.2) is 18.7 Å². The lowest BCUT2D eigenvalue weighted by molar-refractivity contribution is 0.135. The summed E-state index contributed by atoms with van der Waals surface area (Å²) < 4.78 is 38.4. The van der Waals surface area contributed by atoms with Crippen molar-refractivity contribution in [3.8, 4) is 17.2 Å². The Balaban J connectivity index is 1.53. The molecule has 10 heteroatoms. The minimum Gasteiger partial charge on any atom is -0.389 e. The van der Waals surface area contributed by atoms with Crippen LogP contribution < -0.4 is 16.0 Å². The number of rotatable bonds is 2. The summed E-state index contributed by atoms with van der Waals surface area (Å²) in [7, 11) is 0. The molecule has 2 aromatic carbocycles. The molecule has 36 heavy (non-hydrogen) atoms. The number of hydrogen-bond donors (Lipinski definition) is 2. The summed E-state index contributed by atoms with van der Waals surface area (Å²) in [6.45, 7) is 3.12. The molecule has 7 nitrogen and oxygen atoms in total. The zero-order chi connectivity index (χ0) is 24.6. The number of nitrogens with one attached hydrogen (secondary N) is 1. The van der Waals surface area contributed by atoms with Crippen molar-refractivity contribution in [1.29, 1.82) is 5.26 Å². The summed E-state index contributed by atoms with van der Waals surface area (Å²) in [5, 5.41) is 14.5. The minimum absolute atomic E-state index is 0.0380. The molecule has 2 fully saturated rings. The van der Waals surface area contributed by atoms with Crippen molar-refractivity contribution in [2.75, 3.05) is 30.3 Å². The fraction of sp³-hybridized carbons (Fsp3) is 0.346. The molecule has 0 saturated carbocycles. The van der Waals surface area contributed by atoms with Crippen molar-refractivity contribution in [3.63, 3.8) is 0 Å². The first-order valence-corrected chi connectivity index (χ1v) is 12.8. The number of anilines is 2. The number of halogens is 2. The van der Waals surface area contributed by atoms with Crippen molar-refractivity contribution in [1.82, 2.24) is 15.3 Å². The summed E-state index contributed by atoms with van der Waals surface area (Å²) in [6.07, 6.45) is 3.56. The van der Waals surface area contributed by atoms with E-state index in [1.165, 1.54) is 23.7 Å². The Morgan fingerprint density at radius 2 is 2.03 bits per heavy atom. The van der Waals surface area contributed by atoms with Crippen LogP contribution in [0, 0.1) is 28.9 Å². The largest absolute Gasteiger partial charge is 0.389 e. The van der Waals surface area contributed by atoms with Gasteiger partial charge in [0.15, 0.2) is 5.82 Å². The molecule has 5 heterocycles. The van der Waals surface area contributed by atoms with E-state index in [-0.39, 0.29) is 46.5 Å². The van der Waals surface area contributed by atoms with Crippen LogP contribution in [-0.2, 0) is 18.0 Å². The van der Waals surface area contributed by atoms with Crippen LogP contribution in [0.1, 0.15) is 29.5 Å². The van der Waals surface area contributed by atoms with Gasteiger partial charge in [0.05, 0.1) is 24.2 Å². The highest BCUT2D eigenvalue weighted by molar-refractivity contribution is 7.23.